The SMILES string of the molecule is O=[N+]([O-])c1ccc(NCCCc2nnc3n2CCCC3)c([N+](=O)[O-])c1. The third-order valence-corrected chi connectivity index (χ3v) is 4.22. The Hall–Kier alpha value is -3.04. The molecule has 0 spiro atoms. The predicted octanol–water partition coefficient (Wildman–Crippen LogP) is 2.48. The van der Waals surface area contributed by atoms with E-state index in [1.807, 2.05) is 0 Å². The van der Waals surface area contributed by atoms with Crippen LogP contribution in [0.5, 0.6) is 0 Å². The molecule has 2 heterocycles. The zero-order valence-electron chi connectivity index (χ0n) is 13.6. The van der Waals surface area contributed by atoms with Crippen molar-refractivity contribution >= 4 is 17.1 Å². The van der Waals surface area contributed by atoms with E-state index in [0.717, 1.165) is 56.4 Å². The van der Waals surface area contributed by atoms with Gasteiger partial charge in [0.25, 0.3) is 11.4 Å². The van der Waals surface area contributed by atoms with E-state index in [2.05, 4.69) is 20.1 Å². The number of nitro benzene ring substituents is 2. The number of aromatic nitrogens is 3. The van der Waals surface area contributed by atoms with Gasteiger partial charge in [-0.05, 0) is 25.3 Å². The van der Waals surface area contributed by atoms with Crippen molar-refractivity contribution in [3.05, 3.63) is 50.1 Å². The minimum atomic E-state index is -0.648. The molecule has 3 rings (SSSR count). The summed E-state index contributed by atoms with van der Waals surface area (Å²) in [7, 11) is 0. The molecular weight excluding hydrogens is 328 g/mol. The molecule has 25 heavy (non-hydrogen) atoms. The number of non-ortho nitro benzene ring substituents is 1. The second-order valence-electron chi connectivity index (χ2n) is 5.89. The Morgan fingerprint density at radius 3 is 2.76 bits per heavy atom. The van der Waals surface area contributed by atoms with Crippen LogP contribution in [0.2, 0.25) is 0 Å². The molecule has 10 nitrogen and oxygen atoms in total. The van der Waals surface area contributed by atoms with Gasteiger partial charge >= 0.3 is 0 Å². The average molecular weight is 346 g/mol. The molecule has 132 valence electrons. The number of nitrogens with one attached hydrogen (secondary N) is 1. The fraction of sp³-hybridized carbons (Fsp3) is 0.467. The molecule has 0 fully saturated rings. The summed E-state index contributed by atoms with van der Waals surface area (Å²) in [5, 5.41) is 33.2. The van der Waals surface area contributed by atoms with Crippen molar-refractivity contribution in [3.8, 4) is 0 Å². The first-order chi connectivity index (χ1) is 12.1. The van der Waals surface area contributed by atoms with Crippen molar-refractivity contribution in [2.45, 2.75) is 38.6 Å². The Morgan fingerprint density at radius 1 is 1.16 bits per heavy atom. The van der Waals surface area contributed by atoms with Gasteiger partial charge in [-0.25, -0.2) is 0 Å². The molecule has 0 amide bonds. The van der Waals surface area contributed by atoms with Crippen LogP contribution in [0.4, 0.5) is 17.1 Å². The van der Waals surface area contributed by atoms with Crippen LogP contribution in [0.15, 0.2) is 18.2 Å². The zero-order chi connectivity index (χ0) is 17.8. The van der Waals surface area contributed by atoms with E-state index in [1.165, 1.54) is 12.1 Å². The third-order valence-electron chi connectivity index (χ3n) is 4.22. The van der Waals surface area contributed by atoms with Crippen molar-refractivity contribution < 1.29 is 9.85 Å². The van der Waals surface area contributed by atoms with Crippen molar-refractivity contribution in [2.24, 2.45) is 0 Å². The van der Waals surface area contributed by atoms with Crippen molar-refractivity contribution in [2.75, 3.05) is 11.9 Å². The smallest absolute Gasteiger partial charge is 0.299 e. The van der Waals surface area contributed by atoms with Gasteiger partial charge in [-0.15, -0.1) is 10.2 Å². The summed E-state index contributed by atoms with van der Waals surface area (Å²) < 4.78 is 2.15. The highest BCUT2D eigenvalue weighted by atomic mass is 16.6. The molecule has 1 aliphatic rings. The number of nitrogens with zero attached hydrogens (tertiary/aromatic N) is 5. The molecule has 0 radical (unpaired) electrons. The topological polar surface area (TPSA) is 129 Å². The lowest BCUT2D eigenvalue weighted by atomic mass is 10.1. The first kappa shape index (κ1) is 16.8. The Bertz CT molecular complexity index is 803. The molecule has 1 N–H and O–H groups in total. The molecule has 1 aliphatic heterocycles. The lowest BCUT2D eigenvalue weighted by Crippen LogP contribution is -2.14. The van der Waals surface area contributed by atoms with Gasteiger partial charge in [-0.2, -0.15) is 0 Å². The summed E-state index contributed by atoms with van der Waals surface area (Å²) in [6, 6.07) is 3.59. The summed E-state index contributed by atoms with van der Waals surface area (Å²) in [4.78, 5) is 20.6. The molecular formula is C15H18N6O4. The van der Waals surface area contributed by atoms with Gasteiger partial charge in [0.15, 0.2) is 0 Å². The van der Waals surface area contributed by atoms with E-state index in [9.17, 15) is 20.2 Å². The minimum absolute atomic E-state index is 0.277. The molecule has 0 unspecified atom stereocenters. The van der Waals surface area contributed by atoms with E-state index in [-0.39, 0.29) is 17.1 Å². The minimum Gasteiger partial charge on any atom is -0.379 e. The second-order valence-corrected chi connectivity index (χ2v) is 5.89. The largest absolute Gasteiger partial charge is 0.379 e. The zero-order valence-corrected chi connectivity index (χ0v) is 13.6. The van der Waals surface area contributed by atoms with Gasteiger partial charge in [0.2, 0.25) is 0 Å². The number of hydrogen-bond donors (Lipinski definition) is 1. The molecule has 0 saturated carbocycles. The Kier molecular flexibility index (Phi) is 4.87. The maximum Gasteiger partial charge on any atom is 0.299 e. The maximum atomic E-state index is 11.1. The van der Waals surface area contributed by atoms with E-state index < -0.39 is 9.85 Å². The third kappa shape index (κ3) is 3.73. The first-order valence-electron chi connectivity index (χ1n) is 8.14. The monoisotopic (exact) mass is 346 g/mol. The van der Waals surface area contributed by atoms with Crippen LogP contribution >= 0.6 is 0 Å². The Morgan fingerprint density at radius 2 is 2.00 bits per heavy atom. The second kappa shape index (κ2) is 7.24. The fourth-order valence-electron chi connectivity index (χ4n) is 2.96. The normalized spacial score (nSPS) is 13.3. The number of anilines is 1. The quantitative estimate of drug-likeness (QED) is 0.463. The van der Waals surface area contributed by atoms with Crippen LogP contribution in [-0.2, 0) is 19.4 Å². The molecule has 0 bridgehead atoms. The van der Waals surface area contributed by atoms with Gasteiger partial charge in [0, 0.05) is 32.0 Å². The average Bonchev–Trinajstić information content (AvgIpc) is 3.01. The molecule has 10 heteroatoms. The van der Waals surface area contributed by atoms with Crippen molar-refractivity contribution in [1.82, 2.24) is 14.8 Å². The summed E-state index contributed by atoms with van der Waals surface area (Å²) in [5.74, 6) is 1.97. The summed E-state index contributed by atoms with van der Waals surface area (Å²) in [6.45, 7) is 1.44. The van der Waals surface area contributed by atoms with E-state index in [1.54, 1.807) is 0 Å². The van der Waals surface area contributed by atoms with Crippen LogP contribution in [0.25, 0.3) is 0 Å². The summed E-state index contributed by atoms with van der Waals surface area (Å²) >= 11 is 0. The lowest BCUT2D eigenvalue weighted by molar-refractivity contribution is -0.393. The number of hydrogen-bond acceptors (Lipinski definition) is 7. The van der Waals surface area contributed by atoms with E-state index >= 15 is 0 Å². The summed E-state index contributed by atoms with van der Waals surface area (Å²) in [6.07, 6.45) is 4.68. The number of nitro groups is 2. The Balaban J connectivity index is 1.59. The number of aryl methyl sites for hydroxylation is 2. The van der Waals surface area contributed by atoms with Crippen molar-refractivity contribution in [3.63, 3.8) is 0 Å². The van der Waals surface area contributed by atoms with Crippen molar-refractivity contribution in [1.29, 1.82) is 0 Å². The molecule has 0 saturated heterocycles. The molecule has 0 atom stereocenters. The van der Waals surface area contributed by atoms with Gasteiger partial charge in [0.05, 0.1) is 15.9 Å². The van der Waals surface area contributed by atoms with Gasteiger partial charge in [-0.1, -0.05) is 0 Å². The molecule has 2 aromatic rings. The highest BCUT2D eigenvalue weighted by molar-refractivity contribution is 5.65. The summed E-state index contributed by atoms with van der Waals surface area (Å²) in [5.41, 5.74) is -0.319. The standard InChI is InChI=1S/C15H18N6O4/c22-20(23)11-6-7-12(13(10-11)21(24)25)16-8-3-5-15-18-17-14-4-1-2-9-19(14)15/h6-7,10,16H,1-5,8-9H2. The highest BCUT2D eigenvalue weighted by Gasteiger charge is 2.19. The number of benzene rings is 1. The lowest BCUT2D eigenvalue weighted by Gasteiger charge is -2.14. The Labute approximate surface area is 143 Å². The highest BCUT2D eigenvalue weighted by Crippen LogP contribution is 2.28. The van der Waals surface area contributed by atoms with Crippen LogP contribution in [0, 0.1) is 20.2 Å². The van der Waals surface area contributed by atoms with Crippen LogP contribution < -0.4 is 5.32 Å². The van der Waals surface area contributed by atoms with Gasteiger partial charge in [0.1, 0.15) is 17.3 Å². The van der Waals surface area contributed by atoms with Crippen LogP contribution in [0.1, 0.15) is 30.9 Å². The number of rotatable bonds is 7. The van der Waals surface area contributed by atoms with Gasteiger partial charge in [-0.3, -0.25) is 20.2 Å². The van der Waals surface area contributed by atoms with Gasteiger partial charge < -0.3 is 9.88 Å². The fourth-order valence-corrected chi connectivity index (χ4v) is 2.96. The van der Waals surface area contributed by atoms with Crippen LogP contribution in [0.3, 0.4) is 0 Å². The van der Waals surface area contributed by atoms with E-state index in [0.29, 0.717) is 6.54 Å². The maximum absolute atomic E-state index is 11.1. The molecule has 1 aromatic carbocycles. The predicted molar refractivity (Wildman–Crippen MR) is 89.5 cm³/mol. The van der Waals surface area contributed by atoms with Crippen LogP contribution in [-0.4, -0.2) is 31.2 Å². The van der Waals surface area contributed by atoms with E-state index in [4.69, 9.17) is 0 Å². The number of fused-ring (bicyclic) bond motifs is 1. The first-order valence-corrected chi connectivity index (χ1v) is 8.14. The molecule has 0 aliphatic carbocycles. The molecule has 1 aromatic heterocycles.